The second kappa shape index (κ2) is 6.33. The number of aryl methyl sites for hydroxylation is 5. The predicted molar refractivity (Wildman–Crippen MR) is 106 cm³/mol. The fourth-order valence-corrected chi connectivity index (χ4v) is 4.04. The van der Waals surface area contributed by atoms with Crippen LogP contribution in [0.15, 0.2) is 18.3 Å². The summed E-state index contributed by atoms with van der Waals surface area (Å²) in [6.45, 7) is 8.75. The highest BCUT2D eigenvalue weighted by molar-refractivity contribution is 6.03. The molecule has 1 saturated heterocycles. The van der Waals surface area contributed by atoms with Crippen LogP contribution >= 0.6 is 0 Å². The normalized spacial score (nSPS) is 17.1. The number of aromatic nitrogens is 4. The van der Waals surface area contributed by atoms with Crippen molar-refractivity contribution in [3.8, 4) is 0 Å². The zero-order chi connectivity index (χ0) is 19.3. The molecule has 1 atom stereocenters. The molecule has 1 aliphatic rings. The smallest absolute Gasteiger partial charge is 0.249 e. The summed E-state index contributed by atoms with van der Waals surface area (Å²) in [5, 5.41) is 8.44. The van der Waals surface area contributed by atoms with Gasteiger partial charge in [-0.3, -0.25) is 9.48 Å². The number of anilines is 2. The Morgan fingerprint density at radius 2 is 1.81 bits per heavy atom. The number of fused-ring (bicyclic) bond motifs is 1. The fourth-order valence-electron chi connectivity index (χ4n) is 4.04. The lowest BCUT2D eigenvalue weighted by atomic mass is 10.0. The number of benzene rings is 1. The van der Waals surface area contributed by atoms with E-state index in [-0.39, 0.29) is 11.9 Å². The minimum Gasteiger partial charge on any atom is -0.358 e. The number of carbonyl (C=O) groups is 1. The average Bonchev–Trinajstić information content (AvgIpc) is 3.12. The van der Waals surface area contributed by atoms with Crippen LogP contribution in [0.1, 0.15) is 28.9 Å². The van der Waals surface area contributed by atoms with E-state index in [2.05, 4.69) is 53.3 Å². The van der Waals surface area contributed by atoms with Crippen LogP contribution in [-0.2, 0) is 11.8 Å². The van der Waals surface area contributed by atoms with Crippen LogP contribution in [-0.4, -0.2) is 38.2 Å². The number of carbonyl (C=O) groups excluding carboxylic acids is 1. The molecule has 7 heteroatoms. The van der Waals surface area contributed by atoms with E-state index in [1.54, 1.807) is 10.9 Å². The molecule has 140 valence electrons. The first kappa shape index (κ1) is 17.5. The first-order valence-electron chi connectivity index (χ1n) is 9.17. The van der Waals surface area contributed by atoms with Gasteiger partial charge in [0.2, 0.25) is 5.91 Å². The summed E-state index contributed by atoms with van der Waals surface area (Å²) < 4.78 is 1.72. The van der Waals surface area contributed by atoms with Crippen LogP contribution in [0.5, 0.6) is 0 Å². The highest BCUT2D eigenvalue weighted by Crippen LogP contribution is 2.31. The molecule has 7 nitrogen and oxygen atoms in total. The van der Waals surface area contributed by atoms with E-state index in [1.807, 2.05) is 18.9 Å². The molecule has 0 bridgehead atoms. The number of rotatable bonds is 3. The molecule has 1 aromatic carbocycles. The summed E-state index contributed by atoms with van der Waals surface area (Å²) in [5.74, 6) is 1.41. The van der Waals surface area contributed by atoms with E-state index in [0.717, 1.165) is 34.3 Å². The highest BCUT2D eigenvalue weighted by atomic mass is 16.2. The van der Waals surface area contributed by atoms with Gasteiger partial charge >= 0.3 is 0 Å². The molecule has 1 fully saturated rings. The van der Waals surface area contributed by atoms with Gasteiger partial charge in [0.15, 0.2) is 5.65 Å². The van der Waals surface area contributed by atoms with Crippen molar-refractivity contribution in [3.05, 3.63) is 40.8 Å². The van der Waals surface area contributed by atoms with Gasteiger partial charge in [-0.25, -0.2) is 9.97 Å². The molecule has 0 unspecified atom stereocenters. The highest BCUT2D eigenvalue weighted by Gasteiger charge is 2.34. The van der Waals surface area contributed by atoms with E-state index >= 15 is 0 Å². The topological polar surface area (TPSA) is 75.9 Å². The predicted octanol–water partition coefficient (Wildman–Crippen LogP) is 2.81. The van der Waals surface area contributed by atoms with Crippen molar-refractivity contribution in [2.24, 2.45) is 7.05 Å². The lowest BCUT2D eigenvalue weighted by Crippen LogP contribution is -2.34. The summed E-state index contributed by atoms with van der Waals surface area (Å²) in [7, 11) is 1.85. The van der Waals surface area contributed by atoms with E-state index < -0.39 is 0 Å². The quantitative estimate of drug-likeness (QED) is 0.773. The van der Waals surface area contributed by atoms with Gasteiger partial charge < -0.3 is 10.2 Å². The Morgan fingerprint density at radius 1 is 1.11 bits per heavy atom. The van der Waals surface area contributed by atoms with Gasteiger partial charge in [0.25, 0.3) is 0 Å². The number of nitrogens with one attached hydrogen (secondary N) is 1. The summed E-state index contributed by atoms with van der Waals surface area (Å²) in [5.41, 5.74) is 5.27. The lowest BCUT2D eigenvalue weighted by Gasteiger charge is -2.22. The summed E-state index contributed by atoms with van der Waals surface area (Å²) in [6, 6.07) is 3.95. The average molecular weight is 364 g/mol. The van der Waals surface area contributed by atoms with Crippen LogP contribution in [0.2, 0.25) is 0 Å². The number of hydrogen-bond donors (Lipinski definition) is 1. The Hall–Kier alpha value is -2.96. The van der Waals surface area contributed by atoms with Crippen LogP contribution in [0.3, 0.4) is 0 Å². The van der Waals surface area contributed by atoms with E-state index in [0.29, 0.717) is 18.2 Å². The third-order valence-corrected chi connectivity index (χ3v) is 5.13. The minimum absolute atomic E-state index is 0.0818. The molecule has 3 aromatic rings. The Morgan fingerprint density at radius 3 is 2.52 bits per heavy atom. The molecule has 0 saturated carbocycles. The van der Waals surface area contributed by atoms with Gasteiger partial charge in [-0.05, 0) is 45.2 Å². The lowest BCUT2D eigenvalue weighted by molar-refractivity contribution is -0.117. The first-order valence-corrected chi connectivity index (χ1v) is 9.17. The molecular formula is C20H24N6O. The van der Waals surface area contributed by atoms with Crippen LogP contribution in [0, 0.1) is 27.7 Å². The minimum atomic E-state index is -0.303. The third-order valence-electron chi connectivity index (χ3n) is 5.13. The van der Waals surface area contributed by atoms with Gasteiger partial charge in [0, 0.05) is 19.3 Å². The fraction of sp³-hybridized carbons (Fsp3) is 0.400. The van der Waals surface area contributed by atoms with Crippen LogP contribution < -0.4 is 10.2 Å². The van der Waals surface area contributed by atoms with Crippen molar-refractivity contribution in [3.63, 3.8) is 0 Å². The molecule has 0 aliphatic carbocycles. The molecular weight excluding hydrogens is 340 g/mol. The first-order chi connectivity index (χ1) is 12.8. The van der Waals surface area contributed by atoms with Gasteiger partial charge in [0.1, 0.15) is 17.7 Å². The molecule has 1 N–H and O–H groups in total. The van der Waals surface area contributed by atoms with Gasteiger partial charge in [-0.2, -0.15) is 5.10 Å². The second-order valence-corrected chi connectivity index (χ2v) is 7.35. The Labute approximate surface area is 158 Å². The summed E-state index contributed by atoms with van der Waals surface area (Å²) in [4.78, 5) is 24.0. The molecule has 1 aliphatic heterocycles. The van der Waals surface area contributed by atoms with Crippen LogP contribution in [0.25, 0.3) is 11.0 Å². The van der Waals surface area contributed by atoms with Crippen molar-refractivity contribution in [1.82, 2.24) is 19.7 Å². The standard InChI is InChI=1S/C20H24N6O/c1-11-8-12(2)17(13(3)9-11)26-7-6-16(20(26)27)24-18-15-10-21-25(5)19(15)23-14(4)22-18/h8-10,16H,6-7H2,1-5H3,(H,22,23,24)/t16-/m0/s1. The molecule has 1 amide bonds. The maximum Gasteiger partial charge on any atom is 0.249 e. The van der Waals surface area contributed by atoms with Crippen molar-refractivity contribution in [2.45, 2.75) is 40.2 Å². The Kier molecular flexibility index (Phi) is 4.09. The molecule has 0 radical (unpaired) electrons. The maximum atomic E-state index is 13.1. The van der Waals surface area contributed by atoms with Crippen molar-refractivity contribution >= 4 is 28.4 Å². The maximum absolute atomic E-state index is 13.1. The van der Waals surface area contributed by atoms with Crippen molar-refractivity contribution < 1.29 is 4.79 Å². The van der Waals surface area contributed by atoms with Gasteiger partial charge in [-0.15, -0.1) is 0 Å². The van der Waals surface area contributed by atoms with Crippen molar-refractivity contribution in [1.29, 1.82) is 0 Å². The van der Waals surface area contributed by atoms with Gasteiger partial charge in [0.05, 0.1) is 11.6 Å². The second-order valence-electron chi connectivity index (χ2n) is 7.35. The largest absolute Gasteiger partial charge is 0.358 e. The molecule has 2 aromatic heterocycles. The molecule has 27 heavy (non-hydrogen) atoms. The van der Waals surface area contributed by atoms with Crippen LogP contribution in [0.4, 0.5) is 11.5 Å². The third kappa shape index (κ3) is 2.93. The molecule has 3 heterocycles. The number of hydrogen-bond acceptors (Lipinski definition) is 5. The SMILES string of the molecule is Cc1cc(C)c(N2CC[C@H](Nc3nc(C)nc4c3cnn4C)C2=O)c(C)c1. The van der Waals surface area contributed by atoms with E-state index in [9.17, 15) is 4.79 Å². The number of amides is 1. The monoisotopic (exact) mass is 364 g/mol. The van der Waals surface area contributed by atoms with E-state index in [4.69, 9.17) is 0 Å². The van der Waals surface area contributed by atoms with Crippen molar-refractivity contribution in [2.75, 3.05) is 16.8 Å². The molecule has 4 rings (SSSR count). The van der Waals surface area contributed by atoms with E-state index in [1.165, 1.54) is 5.56 Å². The Bertz CT molecular complexity index is 1030. The van der Waals surface area contributed by atoms with Gasteiger partial charge in [-0.1, -0.05) is 17.7 Å². The number of nitrogens with zero attached hydrogens (tertiary/aromatic N) is 5. The Balaban J connectivity index is 1.64. The molecule has 0 spiro atoms. The zero-order valence-electron chi connectivity index (χ0n) is 16.4. The summed E-state index contributed by atoms with van der Waals surface area (Å²) in [6.07, 6.45) is 2.47. The summed E-state index contributed by atoms with van der Waals surface area (Å²) >= 11 is 0. The zero-order valence-corrected chi connectivity index (χ0v) is 16.4.